The van der Waals surface area contributed by atoms with Gasteiger partial charge in [-0.3, -0.25) is 4.68 Å². The average Bonchev–Trinajstić information content (AvgIpc) is 3.13. The number of ether oxygens (including phenoxy) is 1. The van der Waals surface area contributed by atoms with Crippen LogP contribution in [0.1, 0.15) is 24.0 Å². The first-order valence-electron chi connectivity index (χ1n) is 7.87. The van der Waals surface area contributed by atoms with Crippen molar-refractivity contribution in [3.63, 3.8) is 0 Å². The Morgan fingerprint density at radius 3 is 3.09 bits per heavy atom. The number of fused-ring (bicyclic) bond motifs is 1. The van der Waals surface area contributed by atoms with Crippen molar-refractivity contribution in [3.8, 4) is 5.75 Å². The predicted octanol–water partition coefficient (Wildman–Crippen LogP) is 1.83. The molecule has 2 aromatic rings. The third-order valence-electron chi connectivity index (χ3n) is 4.16. The van der Waals surface area contributed by atoms with E-state index in [9.17, 15) is 4.79 Å². The molecule has 0 spiro atoms. The number of hydrogen-bond acceptors (Lipinski definition) is 3. The first-order chi connectivity index (χ1) is 11.1. The standard InChI is InChI=1S/C17H22N4O2/c1-12(15-11-23-16-6-4-3-5-14(15)16)20-17(22)18-8-7-13-9-19-21(2)10-13/h3-6,9-10,12,15H,7-8,11H2,1-2H3,(H2,18,20,22)/t12-,15+/m1/s1. The molecule has 0 saturated carbocycles. The van der Waals surface area contributed by atoms with Crippen LogP contribution in [-0.2, 0) is 13.5 Å². The van der Waals surface area contributed by atoms with E-state index in [1.807, 2.05) is 44.6 Å². The molecule has 6 nitrogen and oxygen atoms in total. The van der Waals surface area contributed by atoms with Crippen molar-refractivity contribution in [2.24, 2.45) is 7.05 Å². The van der Waals surface area contributed by atoms with Crippen LogP contribution in [0, 0.1) is 0 Å². The van der Waals surface area contributed by atoms with Gasteiger partial charge in [-0.05, 0) is 25.0 Å². The van der Waals surface area contributed by atoms with Crippen molar-refractivity contribution >= 4 is 6.03 Å². The number of urea groups is 1. The second-order valence-electron chi connectivity index (χ2n) is 5.92. The molecule has 3 rings (SSSR count). The Bertz CT molecular complexity index is 683. The normalized spacial score (nSPS) is 17.2. The van der Waals surface area contributed by atoms with E-state index in [2.05, 4.69) is 21.8 Å². The van der Waals surface area contributed by atoms with Crippen LogP contribution in [0.15, 0.2) is 36.7 Å². The van der Waals surface area contributed by atoms with Gasteiger partial charge in [0.1, 0.15) is 5.75 Å². The minimum atomic E-state index is -0.147. The van der Waals surface area contributed by atoms with Crippen LogP contribution in [0.25, 0.3) is 0 Å². The Labute approximate surface area is 135 Å². The van der Waals surface area contributed by atoms with Crippen molar-refractivity contribution < 1.29 is 9.53 Å². The minimum Gasteiger partial charge on any atom is -0.493 e. The summed E-state index contributed by atoms with van der Waals surface area (Å²) in [5, 5.41) is 10.0. The summed E-state index contributed by atoms with van der Waals surface area (Å²) in [6.07, 6.45) is 4.54. The van der Waals surface area contributed by atoms with Gasteiger partial charge in [-0.15, -0.1) is 0 Å². The molecular formula is C17H22N4O2. The SMILES string of the molecule is C[C@@H](NC(=O)NCCc1cnn(C)c1)[C@@H]1COc2ccccc21. The van der Waals surface area contributed by atoms with E-state index < -0.39 is 0 Å². The smallest absolute Gasteiger partial charge is 0.315 e. The minimum absolute atomic E-state index is 0.0111. The molecule has 2 heterocycles. The molecule has 122 valence electrons. The maximum atomic E-state index is 12.0. The quantitative estimate of drug-likeness (QED) is 0.884. The zero-order valence-electron chi connectivity index (χ0n) is 13.5. The Morgan fingerprint density at radius 2 is 2.30 bits per heavy atom. The Kier molecular flexibility index (Phi) is 4.50. The summed E-state index contributed by atoms with van der Waals surface area (Å²) in [4.78, 5) is 12.0. The van der Waals surface area contributed by atoms with Crippen LogP contribution in [0.5, 0.6) is 5.75 Å². The molecular weight excluding hydrogens is 292 g/mol. The van der Waals surface area contributed by atoms with Crippen LogP contribution in [0.2, 0.25) is 0 Å². The maximum absolute atomic E-state index is 12.0. The van der Waals surface area contributed by atoms with Crippen molar-refractivity contribution in [1.82, 2.24) is 20.4 Å². The van der Waals surface area contributed by atoms with Crippen molar-refractivity contribution in [1.29, 1.82) is 0 Å². The lowest BCUT2D eigenvalue weighted by Gasteiger charge is -2.20. The summed E-state index contributed by atoms with van der Waals surface area (Å²) in [6, 6.07) is 7.86. The first kappa shape index (κ1) is 15.4. The van der Waals surface area contributed by atoms with Gasteiger partial charge < -0.3 is 15.4 Å². The first-order valence-corrected chi connectivity index (χ1v) is 7.87. The lowest BCUT2D eigenvalue weighted by Crippen LogP contribution is -2.44. The highest BCUT2D eigenvalue weighted by Crippen LogP contribution is 2.35. The van der Waals surface area contributed by atoms with Gasteiger partial charge in [0.05, 0.1) is 12.8 Å². The Hall–Kier alpha value is -2.50. The monoisotopic (exact) mass is 314 g/mol. The predicted molar refractivity (Wildman–Crippen MR) is 87.6 cm³/mol. The third kappa shape index (κ3) is 3.64. The highest BCUT2D eigenvalue weighted by molar-refractivity contribution is 5.74. The van der Waals surface area contributed by atoms with E-state index in [1.54, 1.807) is 4.68 Å². The van der Waals surface area contributed by atoms with Gasteiger partial charge in [-0.2, -0.15) is 5.10 Å². The van der Waals surface area contributed by atoms with Gasteiger partial charge in [0.2, 0.25) is 0 Å². The zero-order valence-corrected chi connectivity index (χ0v) is 13.5. The van der Waals surface area contributed by atoms with Crippen LogP contribution >= 0.6 is 0 Å². The zero-order chi connectivity index (χ0) is 16.2. The molecule has 1 aromatic carbocycles. The third-order valence-corrected chi connectivity index (χ3v) is 4.16. The van der Waals surface area contributed by atoms with Gasteiger partial charge in [0, 0.05) is 37.3 Å². The lowest BCUT2D eigenvalue weighted by atomic mass is 9.94. The number of carbonyl (C=O) groups excluding carboxylic acids is 1. The number of aromatic nitrogens is 2. The van der Waals surface area contributed by atoms with E-state index in [1.165, 1.54) is 0 Å². The molecule has 0 radical (unpaired) electrons. The number of rotatable bonds is 5. The molecule has 1 aliphatic rings. The number of hydrogen-bond donors (Lipinski definition) is 2. The van der Waals surface area contributed by atoms with Crippen LogP contribution in [0.4, 0.5) is 4.79 Å². The van der Waals surface area contributed by atoms with Gasteiger partial charge in [0.25, 0.3) is 0 Å². The number of para-hydroxylation sites is 1. The summed E-state index contributed by atoms with van der Waals surface area (Å²) in [5.41, 5.74) is 2.27. The summed E-state index contributed by atoms with van der Waals surface area (Å²) in [7, 11) is 1.88. The van der Waals surface area contributed by atoms with Crippen molar-refractivity contribution in [2.75, 3.05) is 13.2 Å². The fraction of sp³-hybridized carbons (Fsp3) is 0.412. The molecule has 0 saturated heterocycles. The highest BCUT2D eigenvalue weighted by atomic mass is 16.5. The largest absolute Gasteiger partial charge is 0.493 e. The number of amides is 2. The van der Waals surface area contributed by atoms with E-state index >= 15 is 0 Å². The second-order valence-corrected chi connectivity index (χ2v) is 5.92. The maximum Gasteiger partial charge on any atom is 0.315 e. The van der Waals surface area contributed by atoms with Gasteiger partial charge in [-0.25, -0.2) is 4.79 Å². The fourth-order valence-electron chi connectivity index (χ4n) is 2.88. The Morgan fingerprint density at radius 1 is 1.48 bits per heavy atom. The van der Waals surface area contributed by atoms with Crippen molar-refractivity contribution in [2.45, 2.75) is 25.3 Å². The molecule has 6 heteroatoms. The van der Waals surface area contributed by atoms with Crippen molar-refractivity contribution in [3.05, 3.63) is 47.8 Å². The summed E-state index contributed by atoms with van der Waals surface area (Å²) in [5.74, 6) is 1.11. The number of benzene rings is 1. The van der Waals surface area contributed by atoms with Gasteiger partial charge in [-0.1, -0.05) is 18.2 Å². The van der Waals surface area contributed by atoms with E-state index in [4.69, 9.17) is 4.74 Å². The number of aryl methyl sites for hydroxylation is 1. The highest BCUT2D eigenvalue weighted by Gasteiger charge is 2.29. The topological polar surface area (TPSA) is 68.2 Å². The molecule has 2 atom stereocenters. The molecule has 1 aromatic heterocycles. The van der Waals surface area contributed by atoms with Gasteiger partial charge in [0.15, 0.2) is 0 Å². The summed E-state index contributed by atoms with van der Waals surface area (Å²) < 4.78 is 7.43. The Balaban J connectivity index is 1.46. The average molecular weight is 314 g/mol. The van der Waals surface area contributed by atoms with E-state index in [0.717, 1.165) is 23.3 Å². The fourth-order valence-corrected chi connectivity index (χ4v) is 2.88. The number of nitrogens with one attached hydrogen (secondary N) is 2. The molecule has 0 bridgehead atoms. The molecule has 23 heavy (non-hydrogen) atoms. The summed E-state index contributed by atoms with van der Waals surface area (Å²) in [6.45, 7) is 3.20. The molecule has 1 aliphatic heterocycles. The van der Waals surface area contributed by atoms with Crippen LogP contribution in [0.3, 0.4) is 0 Å². The van der Waals surface area contributed by atoms with Crippen LogP contribution in [-0.4, -0.2) is 35.0 Å². The number of carbonyl (C=O) groups is 1. The number of nitrogens with zero attached hydrogens (tertiary/aromatic N) is 2. The molecule has 2 N–H and O–H groups in total. The lowest BCUT2D eigenvalue weighted by molar-refractivity contribution is 0.233. The van der Waals surface area contributed by atoms with E-state index in [-0.39, 0.29) is 18.0 Å². The molecule has 0 fully saturated rings. The van der Waals surface area contributed by atoms with E-state index in [0.29, 0.717) is 13.2 Å². The second kappa shape index (κ2) is 6.73. The molecule has 2 amide bonds. The van der Waals surface area contributed by atoms with Gasteiger partial charge >= 0.3 is 6.03 Å². The molecule has 0 aliphatic carbocycles. The summed E-state index contributed by atoms with van der Waals surface area (Å²) >= 11 is 0. The molecule has 0 unspecified atom stereocenters. The van der Waals surface area contributed by atoms with Crippen LogP contribution < -0.4 is 15.4 Å².